The molecule has 1 amide bonds. The van der Waals surface area contributed by atoms with Crippen molar-refractivity contribution in [2.75, 3.05) is 6.61 Å². The minimum atomic E-state index is -1.25. The molecule has 0 spiro atoms. The summed E-state index contributed by atoms with van der Waals surface area (Å²) >= 11 is 0. The lowest BCUT2D eigenvalue weighted by atomic mass is 10.1. The lowest BCUT2D eigenvalue weighted by Crippen LogP contribution is -2.44. The lowest BCUT2D eigenvalue weighted by molar-refractivity contribution is -0.148. The third-order valence-corrected chi connectivity index (χ3v) is 5.68. The van der Waals surface area contributed by atoms with Crippen molar-refractivity contribution in [3.8, 4) is 11.5 Å². The SMILES string of the molecule is O=C(N[C@@H](CO)C(=O)OCc1ccccc1)c1cccc(OCc2ccccc2)c1OCc1ccccc1. The number of nitrogens with one attached hydrogen (secondary N) is 1. The van der Waals surface area contributed by atoms with Gasteiger partial charge in [-0.25, -0.2) is 4.79 Å². The molecule has 0 aliphatic carbocycles. The van der Waals surface area contributed by atoms with E-state index in [4.69, 9.17) is 14.2 Å². The summed E-state index contributed by atoms with van der Waals surface area (Å²) in [6, 6.07) is 32.0. The number of benzene rings is 4. The van der Waals surface area contributed by atoms with Crippen LogP contribution in [0.5, 0.6) is 11.5 Å². The van der Waals surface area contributed by atoms with E-state index in [0.29, 0.717) is 5.75 Å². The fraction of sp³-hybridized carbons (Fsp3) is 0.161. The van der Waals surface area contributed by atoms with E-state index in [2.05, 4.69) is 5.32 Å². The summed E-state index contributed by atoms with van der Waals surface area (Å²) in [7, 11) is 0. The Morgan fingerprint density at radius 3 is 1.74 bits per heavy atom. The average molecular weight is 512 g/mol. The first-order valence-electron chi connectivity index (χ1n) is 12.2. The number of para-hydroxylation sites is 1. The Balaban J connectivity index is 1.50. The van der Waals surface area contributed by atoms with Gasteiger partial charge in [0, 0.05) is 0 Å². The van der Waals surface area contributed by atoms with Crippen LogP contribution in [-0.4, -0.2) is 29.6 Å². The maximum absolute atomic E-state index is 13.3. The normalized spacial score (nSPS) is 11.3. The third kappa shape index (κ3) is 7.44. The van der Waals surface area contributed by atoms with Crippen LogP contribution in [0.4, 0.5) is 0 Å². The second kappa shape index (κ2) is 13.6. The van der Waals surface area contributed by atoms with Crippen LogP contribution in [0.15, 0.2) is 109 Å². The Morgan fingerprint density at radius 2 is 1.18 bits per heavy atom. The van der Waals surface area contributed by atoms with E-state index in [-0.39, 0.29) is 31.1 Å². The zero-order valence-corrected chi connectivity index (χ0v) is 20.8. The summed E-state index contributed by atoms with van der Waals surface area (Å²) in [4.78, 5) is 25.9. The molecule has 7 nitrogen and oxygen atoms in total. The van der Waals surface area contributed by atoms with Crippen LogP contribution in [0.2, 0.25) is 0 Å². The third-order valence-electron chi connectivity index (χ3n) is 5.68. The van der Waals surface area contributed by atoms with E-state index in [0.717, 1.165) is 16.7 Å². The number of ether oxygens (including phenoxy) is 3. The van der Waals surface area contributed by atoms with Gasteiger partial charge in [-0.05, 0) is 28.8 Å². The van der Waals surface area contributed by atoms with Crippen molar-refractivity contribution in [3.63, 3.8) is 0 Å². The fourth-order valence-electron chi connectivity index (χ4n) is 3.67. The number of aliphatic hydroxyl groups is 1. The van der Waals surface area contributed by atoms with Gasteiger partial charge in [0.25, 0.3) is 5.91 Å². The molecule has 0 aliphatic rings. The molecule has 0 saturated carbocycles. The smallest absolute Gasteiger partial charge is 0.331 e. The summed E-state index contributed by atoms with van der Waals surface area (Å²) in [6.07, 6.45) is 0. The second-order valence-electron chi connectivity index (χ2n) is 8.48. The minimum Gasteiger partial charge on any atom is -0.485 e. The first-order valence-corrected chi connectivity index (χ1v) is 12.2. The molecular formula is C31H29NO6. The number of carbonyl (C=O) groups excluding carboxylic acids is 2. The van der Waals surface area contributed by atoms with Gasteiger partial charge in [-0.2, -0.15) is 0 Å². The van der Waals surface area contributed by atoms with Crippen molar-refractivity contribution < 1.29 is 28.9 Å². The molecule has 0 fully saturated rings. The van der Waals surface area contributed by atoms with E-state index < -0.39 is 24.5 Å². The van der Waals surface area contributed by atoms with Crippen molar-refractivity contribution in [1.82, 2.24) is 5.32 Å². The van der Waals surface area contributed by atoms with Crippen molar-refractivity contribution in [3.05, 3.63) is 131 Å². The first-order chi connectivity index (χ1) is 18.6. The Bertz CT molecular complexity index is 1310. The largest absolute Gasteiger partial charge is 0.485 e. The summed E-state index contributed by atoms with van der Waals surface area (Å²) in [5.41, 5.74) is 2.83. The number of hydrogen-bond donors (Lipinski definition) is 2. The molecule has 0 aromatic heterocycles. The predicted octanol–water partition coefficient (Wildman–Crippen LogP) is 4.68. The van der Waals surface area contributed by atoms with Crippen LogP contribution >= 0.6 is 0 Å². The van der Waals surface area contributed by atoms with Crippen LogP contribution in [0.3, 0.4) is 0 Å². The van der Waals surface area contributed by atoms with Gasteiger partial charge >= 0.3 is 5.97 Å². The van der Waals surface area contributed by atoms with Gasteiger partial charge in [-0.15, -0.1) is 0 Å². The van der Waals surface area contributed by atoms with Crippen LogP contribution in [0.25, 0.3) is 0 Å². The van der Waals surface area contributed by atoms with Crippen LogP contribution in [0.1, 0.15) is 27.0 Å². The molecule has 1 atom stereocenters. The molecule has 2 N–H and O–H groups in total. The van der Waals surface area contributed by atoms with Gasteiger partial charge in [-0.1, -0.05) is 97.1 Å². The molecule has 0 saturated heterocycles. The topological polar surface area (TPSA) is 94.1 Å². The van der Waals surface area contributed by atoms with Crippen molar-refractivity contribution in [2.24, 2.45) is 0 Å². The fourth-order valence-corrected chi connectivity index (χ4v) is 3.67. The van der Waals surface area contributed by atoms with E-state index in [9.17, 15) is 14.7 Å². The van der Waals surface area contributed by atoms with Gasteiger partial charge in [-0.3, -0.25) is 4.79 Å². The van der Waals surface area contributed by atoms with Crippen LogP contribution in [-0.2, 0) is 29.4 Å². The molecule has 194 valence electrons. The Hall–Kier alpha value is -4.62. The molecular weight excluding hydrogens is 482 g/mol. The van der Waals surface area contributed by atoms with Crippen molar-refractivity contribution >= 4 is 11.9 Å². The average Bonchev–Trinajstić information content (AvgIpc) is 2.98. The second-order valence-corrected chi connectivity index (χ2v) is 8.48. The van der Waals surface area contributed by atoms with Crippen LogP contribution < -0.4 is 14.8 Å². The summed E-state index contributed by atoms with van der Waals surface area (Å²) < 4.78 is 17.4. The summed E-state index contributed by atoms with van der Waals surface area (Å²) in [6.45, 7) is -0.113. The molecule has 0 aliphatic heterocycles. The van der Waals surface area contributed by atoms with Crippen molar-refractivity contribution in [1.29, 1.82) is 0 Å². The molecule has 0 bridgehead atoms. The number of carbonyl (C=O) groups is 2. The first kappa shape index (κ1) is 26.4. The number of esters is 1. The highest BCUT2D eigenvalue weighted by molar-refractivity contribution is 5.99. The molecule has 0 radical (unpaired) electrons. The van der Waals surface area contributed by atoms with E-state index in [1.165, 1.54) is 0 Å². The van der Waals surface area contributed by atoms with Gasteiger partial charge in [0.05, 0.1) is 12.2 Å². The van der Waals surface area contributed by atoms with Gasteiger partial charge in [0.2, 0.25) is 0 Å². The number of aliphatic hydroxyl groups excluding tert-OH is 1. The molecule has 4 aromatic carbocycles. The van der Waals surface area contributed by atoms with Gasteiger partial charge in [0.15, 0.2) is 17.5 Å². The van der Waals surface area contributed by atoms with Gasteiger partial charge in [0.1, 0.15) is 19.8 Å². The standard InChI is InChI=1S/C31H29NO6/c33-19-27(31(35)38-22-25-15-8-3-9-16-25)32-30(34)26-17-10-18-28(36-20-23-11-4-1-5-12-23)29(26)37-21-24-13-6-2-7-14-24/h1-18,27,33H,19-22H2,(H,32,34)/t27-/m0/s1. The zero-order valence-electron chi connectivity index (χ0n) is 20.8. The van der Waals surface area contributed by atoms with Crippen molar-refractivity contribution in [2.45, 2.75) is 25.9 Å². The Morgan fingerprint density at radius 1 is 0.658 bits per heavy atom. The molecule has 38 heavy (non-hydrogen) atoms. The monoisotopic (exact) mass is 511 g/mol. The highest BCUT2D eigenvalue weighted by atomic mass is 16.5. The molecule has 4 aromatic rings. The van der Waals surface area contributed by atoms with E-state index >= 15 is 0 Å². The van der Waals surface area contributed by atoms with E-state index in [1.54, 1.807) is 18.2 Å². The minimum absolute atomic E-state index is 0.0281. The number of hydrogen-bond acceptors (Lipinski definition) is 6. The highest BCUT2D eigenvalue weighted by Gasteiger charge is 2.25. The molecule has 4 rings (SSSR count). The van der Waals surface area contributed by atoms with E-state index in [1.807, 2.05) is 91.0 Å². The quantitative estimate of drug-likeness (QED) is 0.268. The summed E-state index contributed by atoms with van der Waals surface area (Å²) in [5, 5.41) is 12.4. The van der Waals surface area contributed by atoms with Crippen LogP contribution in [0, 0.1) is 0 Å². The molecule has 0 heterocycles. The number of rotatable bonds is 12. The number of amides is 1. The Labute approximate surface area is 221 Å². The zero-order chi connectivity index (χ0) is 26.6. The summed E-state index contributed by atoms with van der Waals surface area (Å²) in [5.74, 6) is -0.731. The molecule has 0 unspecified atom stereocenters. The maximum atomic E-state index is 13.3. The Kier molecular flexibility index (Phi) is 9.48. The predicted molar refractivity (Wildman–Crippen MR) is 143 cm³/mol. The molecule has 7 heteroatoms. The van der Waals surface area contributed by atoms with Gasteiger partial charge < -0.3 is 24.6 Å². The highest BCUT2D eigenvalue weighted by Crippen LogP contribution is 2.33. The lowest BCUT2D eigenvalue weighted by Gasteiger charge is -2.19. The maximum Gasteiger partial charge on any atom is 0.331 e.